The van der Waals surface area contributed by atoms with Gasteiger partial charge in [-0.15, -0.1) is 0 Å². The first-order valence-electron chi connectivity index (χ1n) is 10.9. The summed E-state index contributed by atoms with van der Waals surface area (Å²) in [5.74, 6) is -1.05. The zero-order valence-corrected chi connectivity index (χ0v) is 19.1. The van der Waals surface area contributed by atoms with Gasteiger partial charge in [-0.25, -0.2) is 4.39 Å². The molecule has 1 aliphatic heterocycles. The molecule has 180 valence electrons. The minimum atomic E-state index is -0.550. The van der Waals surface area contributed by atoms with E-state index in [1.165, 1.54) is 43.1 Å². The molecule has 0 aliphatic carbocycles. The highest BCUT2D eigenvalue weighted by Crippen LogP contribution is 2.45. The Morgan fingerprint density at radius 1 is 1.03 bits per heavy atom. The highest BCUT2D eigenvalue weighted by atomic mass is 19.1. The van der Waals surface area contributed by atoms with Gasteiger partial charge in [0.15, 0.2) is 11.5 Å². The monoisotopic (exact) mass is 470 g/mol. The maximum atomic E-state index is 13.5. The van der Waals surface area contributed by atoms with Crippen LogP contribution in [0.15, 0.2) is 42.5 Å². The summed E-state index contributed by atoms with van der Waals surface area (Å²) in [6.45, 7) is 3.61. The Kier molecular flexibility index (Phi) is 7.04. The van der Waals surface area contributed by atoms with Crippen molar-refractivity contribution in [1.29, 1.82) is 0 Å². The first-order valence-corrected chi connectivity index (χ1v) is 10.9. The molecule has 0 saturated carbocycles. The van der Waals surface area contributed by atoms with Gasteiger partial charge in [0.1, 0.15) is 17.3 Å². The smallest absolute Gasteiger partial charge is 0.235 e. The average molecular weight is 470 g/mol. The predicted molar refractivity (Wildman–Crippen MR) is 123 cm³/mol. The van der Waals surface area contributed by atoms with Gasteiger partial charge in [0.2, 0.25) is 5.88 Å². The molecule has 8 nitrogen and oxygen atoms in total. The topological polar surface area (TPSA) is 93.4 Å². The number of aromatic hydroxyl groups is 2. The lowest BCUT2D eigenvalue weighted by molar-refractivity contribution is 0.0362. The molecule has 1 aliphatic rings. The van der Waals surface area contributed by atoms with E-state index in [1.54, 1.807) is 18.2 Å². The van der Waals surface area contributed by atoms with Gasteiger partial charge >= 0.3 is 0 Å². The number of rotatable bonds is 8. The Bertz CT molecular complexity index is 1170. The molecule has 2 N–H and O–H groups in total. The van der Waals surface area contributed by atoms with E-state index in [0.717, 1.165) is 13.1 Å². The minimum Gasteiger partial charge on any atom is -0.503 e. The predicted octanol–water partition coefficient (Wildman–Crippen LogP) is 3.29. The van der Waals surface area contributed by atoms with Gasteiger partial charge in [0, 0.05) is 43.4 Å². The summed E-state index contributed by atoms with van der Waals surface area (Å²) >= 11 is 0. The molecule has 0 unspecified atom stereocenters. The molecule has 1 saturated heterocycles. The van der Waals surface area contributed by atoms with Gasteiger partial charge in [-0.05, 0) is 36.4 Å². The van der Waals surface area contributed by atoms with Crippen LogP contribution < -0.4 is 9.47 Å². The summed E-state index contributed by atoms with van der Waals surface area (Å²) in [5.41, 5.74) is 0.883. The summed E-state index contributed by atoms with van der Waals surface area (Å²) in [6, 6.07) is 10.1. The van der Waals surface area contributed by atoms with Crippen LogP contribution in [0, 0.1) is 5.82 Å². The quantitative estimate of drug-likeness (QED) is 0.488. The number of hydrogen-bond donors (Lipinski definition) is 2. The van der Waals surface area contributed by atoms with E-state index in [1.807, 2.05) is 0 Å². The number of methoxy groups -OCH3 is 2. The van der Waals surface area contributed by atoms with Gasteiger partial charge in [0.25, 0.3) is 0 Å². The van der Waals surface area contributed by atoms with E-state index in [-0.39, 0.29) is 11.1 Å². The van der Waals surface area contributed by atoms with E-state index in [9.17, 15) is 19.4 Å². The first kappa shape index (κ1) is 23.6. The second-order valence-corrected chi connectivity index (χ2v) is 7.90. The number of morpholine rings is 1. The van der Waals surface area contributed by atoms with E-state index in [4.69, 9.17) is 14.2 Å². The van der Waals surface area contributed by atoms with Crippen molar-refractivity contribution in [2.24, 2.45) is 0 Å². The maximum Gasteiger partial charge on any atom is 0.235 e. The van der Waals surface area contributed by atoms with E-state index >= 15 is 0 Å². The molecule has 0 spiro atoms. The molecule has 0 radical (unpaired) electrons. The van der Waals surface area contributed by atoms with E-state index < -0.39 is 23.2 Å². The number of hydrogen-bond acceptors (Lipinski definition) is 7. The number of carbonyl (C=O) groups is 1. The molecule has 2 aromatic carbocycles. The average Bonchev–Trinajstić information content (AvgIpc) is 3.12. The Morgan fingerprint density at radius 3 is 2.38 bits per heavy atom. The van der Waals surface area contributed by atoms with Crippen molar-refractivity contribution in [3.05, 3.63) is 59.4 Å². The third-order valence-corrected chi connectivity index (χ3v) is 5.95. The summed E-state index contributed by atoms with van der Waals surface area (Å²) in [5, 5.41) is 21.8. The molecule has 0 amide bonds. The summed E-state index contributed by atoms with van der Waals surface area (Å²) in [4.78, 5) is 15.6. The lowest BCUT2D eigenvalue weighted by Gasteiger charge is -2.27. The number of benzene rings is 2. The van der Waals surface area contributed by atoms with Crippen molar-refractivity contribution in [2.75, 3.05) is 47.1 Å². The largest absolute Gasteiger partial charge is 0.503 e. The summed E-state index contributed by atoms with van der Waals surface area (Å²) < 4.78 is 31.2. The SMILES string of the molecule is COc1ccc(-c2c(C(=O)c3ccc(F)cc3)c(O)c(O)n2CCN2CCOCC2)c(OC)c1. The molecule has 34 heavy (non-hydrogen) atoms. The van der Waals surface area contributed by atoms with E-state index in [0.29, 0.717) is 49.1 Å². The Hall–Kier alpha value is -3.56. The highest BCUT2D eigenvalue weighted by Gasteiger charge is 2.31. The number of aromatic nitrogens is 1. The molecular formula is C25H27FN2O6. The number of carbonyl (C=O) groups excluding carboxylic acids is 1. The molecule has 1 aromatic heterocycles. The van der Waals surface area contributed by atoms with Crippen LogP contribution in [0.2, 0.25) is 0 Å². The third kappa shape index (κ3) is 4.57. The number of ketones is 1. The van der Waals surface area contributed by atoms with Gasteiger partial charge in [0.05, 0.1) is 38.7 Å². The van der Waals surface area contributed by atoms with Crippen LogP contribution in [-0.2, 0) is 11.3 Å². The second kappa shape index (κ2) is 10.1. The van der Waals surface area contributed by atoms with Crippen LogP contribution in [0.5, 0.6) is 23.1 Å². The van der Waals surface area contributed by atoms with Gasteiger partial charge in [-0.3, -0.25) is 9.69 Å². The molecule has 4 rings (SSSR count). The summed E-state index contributed by atoms with van der Waals surface area (Å²) in [7, 11) is 3.01. The molecule has 3 aromatic rings. The van der Waals surface area contributed by atoms with Crippen LogP contribution in [0.25, 0.3) is 11.3 Å². The fourth-order valence-electron chi connectivity index (χ4n) is 4.11. The lowest BCUT2D eigenvalue weighted by atomic mass is 9.98. The van der Waals surface area contributed by atoms with Crippen molar-refractivity contribution >= 4 is 5.78 Å². The minimum absolute atomic E-state index is 0.0884. The molecule has 0 bridgehead atoms. The number of ether oxygens (including phenoxy) is 3. The molecule has 2 heterocycles. The van der Waals surface area contributed by atoms with Gasteiger partial charge in [-0.2, -0.15) is 0 Å². The highest BCUT2D eigenvalue weighted by molar-refractivity contribution is 6.15. The number of halogens is 1. The van der Waals surface area contributed by atoms with Crippen molar-refractivity contribution in [3.63, 3.8) is 0 Å². The Balaban J connectivity index is 1.85. The van der Waals surface area contributed by atoms with Crippen LogP contribution in [0.4, 0.5) is 4.39 Å². The normalized spacial score (nSPS) is 14.2. The maximum absolute atomic E-state index is 13.5. The Morgan fingerprint density at radius 2 is 1.74 bits per heavy atom. The van der Waals surface area contributed by atoms with Crippen molar-refractivity contribution in [2.45, 2.75) is 6.54 Å². The molecular weight excluding hydrogens is 443 g/mol. The van der Waals surface area contributed by atoms with Crippen LogP contribution in [-0.4, -0.2) is 72.5 Å². The standard InChI is InChI=1S/C25H27FN2O6/c1-32-18-7-8-19(20(15-18)33-2)22-21(23(29)16-3-5-17(26)6-4-16)24(30)25(31)28(22)10-9-27-11-13-34-14-12-27/h3-8,15,30-31H,9-14H2,1-2H3. The fraction of sp³-hybridized carbons (Fsp3) is 0.320. The lowest BCUT2D eigenvalue weighted by Crippen LogP contribution is -2.38. The summed E-state index contributed by atoms with van der Waals surface area (Å²) in [6.07, 6.45) is 0. The number of nitrogens with zero attached hydrogens (tertiary/aromatic N) is 2. The van der Waals surface area contributed by atoms with Crippen molar-refractivity contribution in [1.82, 2.24) is 9.47 Å². The van der Waals surface area contributed by atoms with Crippen LogP contribution in [0.1, 0.15) is 15.9 Å². The van der Waals surface area contributed by atoms with Crippen molar-refractivity contribution in [3.8, 4) is 34.4 Å². The molecule has 0 atom stereocenters. The molecule has 9 heteroatoms. The third-order valence-electron chi connectivity index (χ3n) is 5.95. The van der Waals surface area contributed by atoms with Crippen molar-refractivity contribution < 1.29 is 33.6 Å². The van der Waals surface area contributed by atoms with Gasteiger partial charge < -0.3 is 29.0 Å². The van der Waals surface area contributed by atoms with Crippen LogP contribution in [0.3, 0.4) is 0 Å². The second-order valence-electron chi connectivity index (χ2n) is 7.90. The van der Waals surface area contributed by atoms with Gasteiger partial charge in [-0.1, -0.05) is 0 Å². The Labute approximate surface area is 196 Å². The van der Waals surface area contributed by atoms with Crippen LogP contribution >= 0.6 is 0 Å². The zero-order chi connectivity index (χ0) is 24.2. The van der Waals surface area contributed by atoms with E-state index in [2.05, 4.69) is 4.90 Å². The fourth-order valence-corrected chi connectivity index (χ4v) is 4.11. The molecule has 1 fully saturated rings. The first-order chi connectivity index (χ1) is 16.4. The zero-order valence-electron chi connectivity index (χ0n) is 19.1.